The summed E-state index contributed by atoms with van der Waals surface area (Å²) >= 11 is 9.15. The Labute approximate surface area is 85.1 Å². The first kappa shape index (κ1) is 12.7. The van der Waals surface area contributed by atoms with Crippen LogP contribution in [-0.4, -0.2) is 0 Å². The fourth-order valence-electron chi connectivity index (χ4n) is 0.739. The van der Waals surface area contributed by atoms with Gasteiger partial charge in [0.05, 0.1) is 10.6 Å². The molecule has 0 atom stereocenters. The maximum atomic E-state index is 12.1. The van der Waals surface area contributed by atoms with E-state index in [1.54, 1.807) is 0 Å². The van der Waals surface area contributed by atoms with Gasteiger partial charge in [0.2, 0.25) is 0 Å². The molecule has 0 nitrogen and oxygen atoms in total. The Morgan fingerprint density at radius 2 is 1.77 bits per heavy atom. The van der Waals surface area contributed by atoms with Gasteiger partial charge in [0.15, 0.2) is 0 Å². The van der Waals surface area contributed by atoms with Crippen LogP contribution in [0.5, 0.6) is 0 Å². The molecule has 1 aromatic carbocycles. The van der Waals surface area contributed by atoms with E-state index in [-0.39, 0.29) is 17.3 Å². The van der Waals surface area contributed by atoms with E-state index in [1.807, 2.05) is 0 Å². The summed E-state index contributed by atoms with van der Waals surface area (Å²) in [6.07, 6.45) is -4.41. The number of benzene rings is 1. The zero-order valence-corrected chi connectivity index (χ0v) is 7.34. The normalized spacial score (nSPS) is 10.8. The highest BCUT2D eigenvalue weighted by Gasteiger charge is 2.33. The van der Waals surface area contributed by atoms with Crippen LogP contribution in [0, 0.1) is 0 Å². The molecule has 0 saturated heterocycles. The van der Waals surface area contributed by atoms with Crippen molar-refractivity contribution < 1.29 is 13.2 Å². The quantitative estimate of drug-likeness (QED) is 0.630. The van der Waals surface area contributed by atoms with Crippen LogP contribution in [0.1, 0.15) is 13.0 Å². The monoisotopic (exact) mass is 228 g/mol. The second-order valence-corrected chi connectivity index (χ2v) is 3.00. The first-order chi connectivity index (χ1) is 5.43. The van der Waals surface area contributed by atoms with Gasteiger partial charge in [-0.15, -0.1) is 12.6 Å². The predicted octanol–water partition coefficient (Wildman–Crippen LogP) is 4.28. The third-order valence-electron chi connectivity index (χ3n) is 1.28. The molecule has 0 aliphatic rings. The summed E-state index contributed by atoms with van der Waals surface area (Å²) in [5.41, 5.74) is -0.850. The van der Waals surface area contributed by atoms with E-state index in [1.165, 1.54) is 12.1 Å². The SMILES string of the molecule is C.FC(F)(F)c1cccc(S)c1Cl. The lowest BCUT2D eigenvalue weighted by Crippen LogP contribution is -2.05. The van der Waals surface area contributed by atoms with Crippen LogP contribution in [0.2, 0.25) is 5.02 Å². The molecule has 0 fully saturated rings. The van der Waals surface area contributed by atoms with Crippen molar-refractivity contribution in [3.8, 4) is 0 Å². The summed E-state index contributed by atoms with van der Waals surface area (Å²) in [7, 11) is 0. The number of halogens is 4. The number of alkyl halides is 3. The fraction of sp³-hybridized carbons (Fsp3) is 0.250. The molecular weight excluding hydrogens is 221 g/mol. The topological polar surface area (TPSA) is 0 Å². The van der Waals surface area contributed by atoms with Crippen LogP contribution in [0.4, 0.5) is 13.2 Å². The highest BCUT2D eigenvalue weighted by molar-refractivity contribution is 7.80. The van der Waals surface area contributed by atoms with Gasteiger partial charge >= 0.3 is 6.18 Å². The van der Waals surface area contributed by atoms with Crippen molar-refractivity contribution in [3.63, 3.8) is 0 Å². The third-order valence-corrected chi connectivity index (χ3v) is 2.20. The molecule has 5 heteroatoms. The van der Waals surface area contributed by atoms with Gasteiger partial charge in [-0.1, -0.05) is 25.1 Å². The van der Waals surface area contributed by atoms with Gasteiger partial charge in [-0.05, 0) is 12.1 Å². The lowest BCUT2D eigenvalue weighted by molar-refractivity contribution is -0.137. The van der Waals surface area contributed by atoms with Gasteiger partial charge in [0.25, 0.3) is 0 Å². The largest absolute Gasteiger partial charge is 0.417 e. The number of rotatable bonds is 0. The Kier molecular flexibility index (Phi) is 4.13. The van der Waals surface area contributed by atoms with E-state index >= 15 is 0 Å². The molecule has 0 radical (unpaired) electrons. The summed E-state index contributed by atoms with van der Waals surface area (Å²) < 4.78 is 36.3. The van der Waals surface area contributed by atoms with E-state index in [4.69, 9.17) is 11.6 Å². The Bertz CT molecular complexity index is 296. The summed E-state index contributed by atoms with van der Waals surface area (Å²) in [6.45, 7) is 0. The summed E-state index contributed by atoms with van der Waals surface area (Å²) in [5, 5.41) is -0.353. The second-order valence-electron chi connectivity index (χ2n) is 2.14. The second kappa shape index (κ2) is 4.24. The van der Waals surface area contributed by atoms with Crippen molar-refractivity contribution in [1.82, 2.24) is 0 Å². The predicted molar refractivity (Wildman–Crippen MR) is 50.4 cm³/mol. The molecule has 0 unspecified atom stereocenters. The first-order valence-electron chi connectivity index (χ1n) is 2.97. The minimum absolute atomic E-state index is 0. The van der Waals surface area contributed by atoms with Crippen molar-refractivity contribution in [2.75, 3.05) is 0 Å². The Morgan fingerprint density at radius 3 is 2.15 bits per heavy atom. The lowest BCUT2D eigenvalue weighted by atomic mass is 10.2. The van der Waals surface area contributed by atoms with Crippen LogP contribution in [0.3, 0.4) is 0 Å². The smallest absolute Gasteiger partial charge is 0.166 e. The van der Waals surface area contributed by atoms with E-state index in [2.05, 4.69) is 12.6 Å². The maximum absolute atomic E-state index is 12.1. The summed E-state index contributed by atoms with van der Waals surface area (Å²) in [5.74, 6) is 0. The average molecular weight is 229 g/mol. The molecule has 0 bridgehead atoms. The van der Waals surface area contributed by atoms with Crippen LogP contribution in [-0.2, 0) is 6.18 Å². The third kappa shape index (κ3) is 2.81. The molecule has 74 valence electrons. The van der Waals surface area contributed by atoms with Crippen molar-refractivity contribution in [1.29, 1.82) is 0 Å². The molecule has 0 saturated carbocycles. The zero-order valence-electron chi connectivity index (χ0n) is 5.69. The van der Waals surface area contributed by atoms with Crippen LogP contribution in [0.15, 0.2) is 23.1 Å². The lowest BCUT2D eigenvalue weighted by Gasteiger charge is -2.09. The molecule has 0 spiro atoms. The highest BCUT2D eigenvalue weighted by atomic mass is 35.5. The highest BCUT2D eigenvalue weighted by Crippen LogP contribution is 2.36. The standard InChI is InChI=1S/C7H4ClF3S.CH4/c8-6-4(7(9,10)11)2-1-3-5(6)12;/h1-3,12H;1H4. The minimum atomic E-state index is -4.41. The maximum Gasteiger partial charge on any atom is 0.417 e. The molecular formula is C8H8ClF3S. The van der Waals surface area contributed by atoms with Gasteiger partial charge in [0.1, 0.15) is 0 Å². The van der Waals surface area contributed by atoms with Gasteiger partial charge in [-0.25, -0.2) is 0 Å². The Morgan fingerprint density at radius 1 is 1.23 bits per heavy atom. The van der Waals surface area contributed by atoms with Gasteiger partial charge in [-0.2, -0.15) is 13.2 Å². The Balaban J connectivity index is 0.00000144. The van der Waals surface area contributed by atoms with E-state index < -0.39 is 11.7 Å². The molecule has 0 heterocycles. The van der Waals surface area contributed by atoms with Gasteiger partial charge in [-0.3, -0.25) is 0 Å². The summed E-state index contributed by atoms with van der Waals surface area (Å²) in [6, 6.07) is 3.58. The minimum Gasteiger partial charge on any atom is -0.166 e. The number of thiol groups is 1. The van der Waals surface area contributed by atoms with Crippen LogP contribution >= 0.6 is 24.2 Å². The molecule has 0 aromatic heterocycles. The molecule has 0 aliphatic heterocycles. The van der Waals surface area contributed by atoms with Crippen LogP contribution in [0.25, 0.3) is 0 Å². The van der Waals surface area contributed by atoms with Gasteiger partial charge < -0.3 is 0 Å². The first-order valence-corrected chi connectivity index (χ1v) is 3.80. The molecule has 13 heavy (non-hydrogen) atoms. The van der Waals surface area contributed by atoms with Crippen molar-refractivity contribution in [3.05, 3.63) is 28.8 Å². The summed E-state index contributed by atoms with van der Waals surface area (Å²) in [4.78, 5) is 0.131. The van der Waals surface area contributed by atoms with E-state index in [0.29, 0.717) is 0 Å². The zero-order chi connectivity index (χ0) is 9.35. The molecule has 1 rings (SSSR count). The number of hydrogen-bond donors (Lipinski definition) is 1. The van der Waals surface area contributed by atoms with E-state index in [0.717, 1.165) is 6.07 Å². The average Bonchev–Trinajstić information content (AvgIpc) is 1.92. The van der Waals surface area contributed by atoms with Crippen molar-refractivity contribution in [2.24, 2.45) is 0 Å². The molecule has 0 amide bonds. The number of hydrogen-bond acceptors (Lipinski definition) is 1. The fourth-order valence-corrected chi connectivity index (χ4v) is 1.18. The molecule has 0 aliphatic carbocycles. The van der Waals surface area contributed by atoms with Gasteiger partial charge in [0, 0.05) is 4.90 Å². The van der Waals surface area contributed by atoms with Crippen LogP contribution < -0.4 is 0 Å². The van der Waals surface area contributed by atoms with E-state index in [9.17, 15) is 13.2 Å². The van der Waals surface area contributed by atoms with Crippen molar-refractivity contribution in [2.45, 2.75) is 18.5 Å². The molecule has 0 N–H and O–H groups in total. The van der Waals surface area contributed by atoms with Crippen molar-refractivity contribution >= 4 is 24.2 Å². The Hall–Kier alpha value is -0.350. The molecule has 1 aromatic rings.